The molecule has 0 amide bonds. The third-order valence-corrected chi connectivity index (χ3v) is 24.4. The third kappa shape index (κ3) is 27.7. The van der Waals surface area contributed by atoms with Crippen molar-refractivity contribution < 1.29 is 86.9 Å². The molecule has 2 aliphatic carbocycles. The summed E-state index contributed by atoms with van der Waals surface area (Å²) in [6, 6.07) is 61.8. The summed E-state index contributed by atoms with van der Waals surface area (Å²) < 4.78 is 32.1. The molecule has 3 unspecified atom stereocenters. The van der Waals surface area contributed by atoms with E-state index in [9.17, 15) is 58.5 Å². The van der Waals surface area contributed by atoms with E-state index in [1.807, 2.05) is 158 Å². The maximum absolute atomic E-state index is 13.8. The van der Waals surface area contributed by atoms with Crippen LogP contribution < -0.4 is 0 Å². The van der Waals surface area contributed by atoms with E-state index >= 15 is 0 Å². The minimum atomic E-state index is -2.12. The maximum atomic E-state index is 13.8. The lowest BCUT2D eigenvalue weighted by molar-refractivity contribution is -0.152. The first-order valence-corrected chi connectivity index (χ1v) is 44.3. The number of Topliss-reactive ketones (excluding diaryl/α,β-unsaturated/α-hetero) is 3. The molecule has 2 fully saturated rings. The monoisotopic (exact) mass is 1680 g/mol. The van der Waals surface area contributed by atoms with Crippen LogP contribution in [0.1, 0.15) is 139 Å². The number of carbonyl (C=O) groups is 9. The van der Waals surface area contributed by atoms with Crippen LogP contribution in [0.3, 0.4) is 0 Å². The first kappa shape index (κ1) is 92.3. The fourth-order valence-electron chi connectivity index (χ4n) is 12.6. The highest BCUT2D eigenvalue weighted by atomic mass is 32.2. The Bertz CT molecular complexity index is 4630. The SMILES string of the molecule is C=C(C)C(=O)OC1CCC(CC(=O)OCC(O)(C(=O)c2ccc(SC)cc2)c2ccc(SC)cc2)CC1.C=C(C)C(=O)OCCCC(=O)OCC(O)(C(=O)c1ccc(Sc2ccccc2)cc1)c1ccc(Sc2ccccc2)cc1.C=CC(=O)OC1CCC(CC(=O)OCC(O)(C(=O)c2ccc(SC)cc2)c2ccc(SC)cc2)CC1. The van der Waals surface area contributed by atoms with Gasteiger partial charge in [-0.1, -0.05) is 152 Å². The van der Waals surface area contributed by atoms with Crippen LogP contribution in [-0.2, 0) is 74.0 Å². The Hall–Kier alpha value is -9.21. The number of ketones is 3. The lowest BCUT2D eigenvalue weighted by atomic mass is 9.85. The van der Waals surface area contributed by atoms with Gasteiger partial charge in [0.2, 0.25) is 17.3 Å². The Morgan fingerprint density at radius 2 is 0.672 bits per heavy atom. The first-order valence-electron chi connectivity index (χ1n) is 37.7. The van der Waals surface area contributed by atoms with E-state index in [0.717, 1.165) is 70.9 Å². The molecule has 18 nitrogen and oxygen atoms in total. The molecule has 0 saturated heterocycles. The number of rotatable bonds is 36. The minimum absolute atomic E-state index is 0.0257. The van der Waals surface area contributed by atoms with Gasteiger partial charge >= 0.3 is 35.8 Å². The van der Waals surface area contributed by atoms with Crippen LogP contribution in [0.4, 0.5) is 0 Å². The topological polar surface area (TPSA) is 270 Å². The number of hydrogen-bond donors (Lipinski definition) is 3. The molecule has 3 N–H and O–H groups in total. The van der Waals surface area contributed by atoms with E-state index in [-0.39, 0.29) is 73.4 Å². The second-order valence-electron chi connectivity index (χ2n) is 27.9. The van der Waals surface area contributed by atoms with Crippen molar-refractivity contribution in [3.63, 3.8) is 0 Å². The highest BCUT2D eigenvalue weighted by molar-refractivity contribution is 8.00. The molecule has 2 aliphatic rings. The smallest absolute Gasteiger partial charge is 0.333 e. The summed E-state index contributed by atoms with van der Waals surface area (Å²) >= 11 is 9.33. The van der Waals surface area contributed by atoms with Crippen LogP contribution in [0, 0.1) is 11.8 Å². The molecule has 24 heteroatoms. The van der Waals surface area contributed by atoms with Gasteiger partial charge in [0.05, 0.1) is 6.61 Å². The lowest BCUT2D eigenvalue weighted by Gasteiger charge is -2.29. The highest BCUT2D eigenvalue weighted by Crippen LogP contribution is 2.38. The molecule has 8 aromatic carbocycles. The Balaban J connectivity index is 0.000000219. The number of aliphatic hydroxyl groups is 3. The fourth-order valence-corrected chi connectivity index (χ4v) is 15.9. The van der Waals surface area contributed by atoms with Crippen molar-refractivity contribution in [2.75, 3.05) is 51.5 Å². The molecule has 0 bridgehead atoms. The van der Waals surface area contributed by atoms with Crippen molar-refractivity contribution in [1.82, 2.24) is 0 Å². The molecular formula is C92H98O18S6. The summed E-state index contributed by atoms with van der Waals surface area (Å²) in [4.78, 5) is 121. The molecule has 8 aromatic rings. The number of carbonyl (C=O) groups excluding carboxylic acids is 9. The van der Waals surface area contributed by atoms with Crippen LogP contribution >= 0.6 is 70.6 Å². The Morgan fingerprint density at radius 3 is 0.991 bits per heavy atom. The van der Waals surface area contributed by atoms with Crippen LogP contribution in [0.2, 0.25) is 0 Å². The molecular weight excluding hydrogens is 1590 g/mol. The predicted molar refractivity (Wildman–Crippen MR) is 457 cm³/mol. The third-order valence-electron chi connectivity index (χ3n) is 19.4. The second kappa shape index (κ2) is 46.1. The van der Waals surface area contributed by atoms with E-state index in [2.05, 4.69) is 19.7 Å². The quantitative estimate of drug-likeness (QED) is 0.00822. The summed E-state index contributed by atoms with van der Waals surface area (Å²) in [6.07, 6.45) is 14.7. The highest BCUT2D eigenvalue weighted by Gasteiger charge is 2.44. The van der Waals surface area contributed by atoms with E-state index in [1.165, 1.54) is 6.92 Å². The molecule has 0 spiro atoms. The Kier molecular flexibility index (Phi) is 36.7. The van der Waals surface area contributed by atoms with E-state index in [1.54, 1.807) is 150 Å². The zero-order valence-electron chi connectivity index (χ0n) is 65.9. The van der Waals surface area contributed by atoms with Gasteiger partial charge in [0.15, 0.2) is 16.8 Å². The van der Waals surface area contributed by atoms with Gasteiger partial charge in [-0.15, -0.1) is 47.0 Å². The minimum Gasteiger partial charge on any atom is -0.462 e. The summed E-state index contributed by atoms with van der Waals surface area (Å²) in [7, 11) is 0. The predicted octanol–water partition coefficient (Wildman–Crippen LogP) is 18.7. The van der Waals surface area contributed by atoms with Gasteiger partial charge in [-0.3, -0.25) is 28.8 Å². The zero-order chi connectivity index (χ0) is 83.8. The average Bonchev–Trinajstić information content (AvgIpc) is 0.813. The summed E-state index contributed by atoms with van der Waals surface area (Å²) in [6.45, 7) is 12.2. The number of ether oxygens (including phenoxy) is 6. The number of benzene rings is 8. The van der Waals surface area contributed by atoms with Gasteiger partial charge in [-0.25, -0.2) is 14.4 Å². The van der Waals surface area contributed by atoms with E-state index in [0.29, 0.717) is 59.1 Å². The van der Waals surface area contributed by atoms with Crippen molar-refractivity contribution in [2.45, 2.75) is 159 Å². The maximum Gasteiger partial charge on any atom is 0.333 e. The Labute approximate surface area is 704 Å². The van der Waals surface area contributed by atoms with Gasteiger partial charge < -0.3 is 43.7 Å². The Morgan fingerprint density at radius 1 is 0.379 bits per heavy atom. The van der Waals surface area contributed by atoms with Crippen molar-refractivity contribution in [1.29, 1.82) is 0 Å². The second-order valence-corrected chi connectivity index (χ2v) is 33.7. The molecule has 0 heterocycles. The molecule has 3 atom stereocenters. The van der Waals surface area contributed by atoms with Gasteiger partial charge in [0.25, 0.3) is 0 Å². The van der Waals surface area contributed by atoms with Crippen LogP contribution in [0.15, 0.2) is 282 Å². The van der Waals surface area contributed by atoms with Gasteiger partial charge in [-0.05, 0) is 222 Å². The zero-order valence-corrected chi connectivity index (χ0v) is 70.8. The lowest BCUT2D eigenvalue weighted by Crippen LogP contribution is -2.41. The number of esters is 6. The van der Waals surface area contributed by atoms with Crippen LogP contribution in [0.25, 0.3) is 0 Å². The number of thioether (sulfide) groups is 4. The van der Waals surface area contributed by atoms with Crippen LogP contribution in [-0.4, -0.2) is 132 Å². The molecule has 10 rings (SSSR count). The van der Waals surface area contributed by atoms with Gasteiger partial charge in [0.1, 0.15) is 32.0 Å². The standard InChI is InChI=1S/C35H32O6S2.C29H34O6S2.C28H32O6S2/c1-25(2)34(38)40-23-9-14-32(36)41-24-35(39,27-17-21-31(22-18-27)43-29-12-7-4-8-13-29)33(37)26-15-19-30(20-16-26)42-28-10-5-3-6-11-28;1-19(2)28(32)35-23-11-5-20(6-12-23)17-26(30)34-18-29(33,22-9-15-25(37-4)16-10-22)27(31)21-7-13-24(36-3)14-8-21;1-4-25(29)34-22-11-5-19(6-12-22)17-26(30)33-18-28(32,21-9-15-24(36-3)16-10-21)27(31)20-7-13-23(35-2)14-8-20/h3-8,10-13,15-22,39H,1,9,14,23-24H2,2H3;7-10,13-16,20,23,33H,1,5-6,11-12,17-18H2,2-4H3;4,7-10,13-16,19,22,32H,1,5-6,11-12,17-18H2,2-3H3. The van der Waals surface area contributed by atoms with Crippen molar-refractivity contribution in [2.24, 2.45) is 11.8 Å². The van der Waals surface area contributed by atoms with Crippen molar-refractivity contribution in [3.05, 3.63) is 277 Å². The summed E-state index contributed by atoms with van der Waals surface area (Å²) in [5, 5.41) is 35.0. The largest absolute Gasteiger partial charge is 0.462 e. The van der Waals surface area contributed by atoms with Crippen molar-refractivity contribution in [3.8, 4) is 0 Å². The molecule has 2 saturated carbocycles. The van der Waals surface area contributed by atoms with E-state index in [4.69, 9.17) is 28.4 Å². The van der Waals surface area contributed by atoms with Gasteiger partial charge in [0, 0.05) is 92.3 Å². The fraction of sp³-hybridized carbons (Fsp3) is 0.315. The molecule has 610 valence electrons. The summed E-state index contributed by atoms with van der Waals surface area (Å²) in [5.74, 6) is -4.35. The van der Waals surface area contributed by atoms with E-state index < -0.39 is 83.8 Å². The molecule has 0 radical (unpaired) electrons. The first-order chi connectivity index (χ1) is 55.7. The van der Waals surface area contributed by atoms with Gasteiger partial charge in [-0.2, -0.15) is 0 Å². The molecule has 0 aromatic heterocycles. The van der Waals surface area contributed by atoms with Crippen LogP contribution in [0.5, 0.6) is 0 Å². The normalized spacial score (nSPS) is 16.5. The number of hydrogen-bond acceptors (Lipinski definition) is 24. The average molecular weight is 1680 g/mol. The van der Waals surface area contributed by atoms with Crippen molar-refractivity contribution >= 4 is 124 Å². The molecule has 0 aliphatic heterocycles. The summed E-state index contributed by atoms with van der Waals surface area (Å²) in [5.41, 5.74) is -3.49. The molecule has 116 heavy (non-hydrogen) atoms.